The van der Waals surface area contributed by atoms with E-state index in [2.05, 4.69) is 4.98 Å². The van der Waals surface area contributed by atoms with Crippen LogP contribution in [0.3, 0.4) is 0 Å². The lowest BCUT2D eigenvalue weighted by atomic mass is 10.1. The second kappa shape index (κ2) is 8.14. The second-order valence-electron chi connectivity index (χ2n) is 7.11. The van der Waals surface area contributed by atoms with Gasteiger partial charge in [-0.05, 0) is 49.4 Å². The monoisotopic (exact) mass is 437 g/mol. The number of benzene rings is 1. The summed E-state index contributed by atoms with van der Waals surface area (Å²) < 4.78 is 28.4. The highest BCUT2D eigenvalue weighted by Crippen LogP contribution is 2.27. The molecular weight excluding hydrogens is 414 g/mol. The number of sulfonamides is 1. The van der Waals surface area contributed by atoms with Crippen LogP contribution in [0.25, 0.3) is 0 Å². The van der Waals surface area contributed by atoms with E-state index in [0.717, 1.165) is 34.9 Å². The van der Waals surface area contributed by atoms with Gasteiger partial charge in [0.05, 0.1) is 10.6 Å². The molecule has 0 radical (unpaired) electrons. The molecule has 1 aromatic carbocycles. The maximum Gasteiger partial charge on any atom is 0.243 e. The second-order valence-corrected chi connectivity index (χ2v) is 11.1. The number of nitrogens with zero attached hydrogens (tertiary/aromatic N) is 3. The molecule has 0 N–H and O–H groups in total. The van der Waals surface area contributed by atoms with Gasteiger partial charge in [0, 0.05) is 37.3 Å². The molecule has 2 heterocycles. The maximum atomic E-state index is 13.0. The molecule has 0 atom stereocenters. The normalized spacial score (nSPS) is 17.7. The fourth-order valence-corrected chi connectivity index (χ4v) is 6.87. The minimum absolute atomic E-state index is 0.0347. The standard InChI is InChI=1S/C19H23N3O3S3/c1-14-12-26-19(20-14)27-13-18(23)21-7-9-22(10-8-21)28(24,25)17-6-5-15-3-2-4-16(15)11-17/h5-6,11-12H,2-4,7-10,13H2,1H3. The van der Waals surface area contributed by atoms with E-state index in [1.165, 1.54) is 21.6 Å². The van der Waals surface area contributed by atoms with E-state index in [9.17, 15) is 13.2 Å². The highest BCUT2D eigenvalue weighted by atomic mass is 32.2. The SMILES string of the molecule is Cc1csc(SCC(=O)N2CCN(S(=O)(=O)c3ccc4c(c3)CCC4)CC2)n1. The van der Waals surface area contributed by atoms with Crippen LogP contribution in [0.2, 0.25) is 0 Å². The van der Waals surface area contributed by atoms with Crippen molar-refractivity contribution in [2.24, 2.45) is 0 Å². The molecular formula is C19H23N3O3S3. The Bertz CT molecular complexity index is 979. The van der Waals surface area contributed by atoms with Crippen molar-refractivity contribution in [3.05, 3.63) is 40.4 Å². The van der Waals surface area contributed by atoms with Gasteiger partial charge in [-0.3, -0.25) is 4.79 Å². The highest BCUT2D eigenvalue weighted by Gasteiger charge is 2.30. The van der Waals surface area contributed by atoms with Crippen LogP contribution in [-0.2, 0) is 27.7 Å². The predicted octanol–water partition coefficient (Wildman–Crippen LogP) is 2.57. The summed E-state index contributed by atoms with van der Waals surface area (Å²) in [4.78, 5) is 18.9. The van der Waals surface area contributed by atoms with Crippen molar-refractivity contribution in [2.45, 2.75) is 35.4 Å². The van der Waals surface area contributed by atoms with Crippen molar-refractivity contribution in [1.82, 2.24) is 14.2 Å². The number of carbonyl (C=O) groups excluding carboxylic acids is 1. The van der Waals surface area contributed by atoms with Gasteiger partial charge in [0.1, 0.15) is 0 Å². The fourth-order valence-electron chi connectivity index (χ4n) is 3.65. The topological polar surface area (TPSA) is 70.6 Å². The molecule has 1 aromatic heterocycles. The molecule has 1 aliphatic heterocycles. The van der Waals surface area contributed by atoms with Crippen molar-refractivity contribution in [3.63, 3.8) is 0 Å². The number of rotatable bonds is 5. The number of fused-ring (bicyclic) bond motifs is 1. The van der Waals surface area contributed by atoms with Crippen LogP contribution in [0, 0.1) is 6.92 Å². The zero-order chi connectivity index (χ0) is 19.7. The van der Waals surface area contributed by atoms with E-state index >= 15 is 0 Å². The summed E-state index contributed by atoms with van der Waals surface area (Å²) in [7, 11) is -3.50. The van der Waals surface area contributed by atoms with Crippen molar-refractivity contribution >= 4 is 39.0 Å². The number of hydrogen-bond acceptors (Lipinski definition) is 6. The number of thioether (sulfide) groups is 1. The van der Waals surface area contributed by atoms with Crippen molar-refractivity contribution in [2.75, 3.05) is 31.9 Å². The zero-order valence-corrected chi connectivity index (χ0v) is 18.2. The molecule has 0 spiro atoms. The van der Waals surface area contributed by atoms with Crippen LogP contribution < -0.4 is 0 Å². The van der Waals surface area contributed by atoms with E-state index < -0.39 is 10.0 Å². The molecule has 6 nitrogen and oxygen atoms in total. The molecule has 9 heteroatoms. The Balaban J connectivity index is 1.34. The molecule has 2 aromatic rings. The van der Waals surface area contributed by atoms with E-state index in [0.29, 0.717) is 36.8 Å². The number of aromatic nitrogens is 1. The number of thiazole rings is 1. The van der Waals surface area contributed by atoms with Gasteiger partial charge in [-0.25, -0.2) is 13.4 Å². The first kappa shape index (κ1) is 19.9. The van der Waals surface area contributed by atoms with Crippen LogP contribution >= 0.6 is 23.1 Å². The van der Waals surface area contributed by atoms with Gasteiger partial charge in [0.15, 0.2) is 4.34 Å². The Morgan fingerprint density at radius 2 is 1.93 bits per heavy atom. The first-order chi connectivity index (χ1) is 13.4. The lowest BCUT2D eigenvalue weighted by Gasteiger charge is -2.34. The number of piperazine rings is 1. The van der Waals surface area contributed by atoms with Crippen molar-refractivity contribution in [3.8, 4) is 0 Å². The molecule has 0 bridgehead atoms. The van der Waals surface area contributed by atoms with Gasteiger partial charge >= 0.3 is 0 Å². The van der Waals surface area contributed by atoms with Gasteiger partial charge < -0.3 is 4.90 Å². The lowest BCUT2D eigenvalue weighted by Crippen LogP contribution is -2.50. The quantitative estimate of drug-likeness (QED) is 0.673. The van der Waals surface area contributed by atoms with Gasteiger partial charge in [0.2, 0.25) is 15.9 Å². The highest BCUT2D eigenvalue weighted by molar-refractivity contribution is 8.01. The fraction of sp³-hybridized carbons (Fsp3) is 0.474. The third-order valence-corrected chi connectivity index (χ3v) is 9.23. The first-order valence-electron chi connectivity index (χ1n) is 9.38. The average Bonchev–Trinajstić information content (AvgIpc) is 3.34. The van der Waals surface area contributed by atoms with E-state index in [4.69, 9.17) is 0 Å². The van der Waals surface area contributed by atoms with Crippen molar-refractivity contribution < 1.29 is 13.2 Å². The Labute approximate surface area is 174 Å². The van der Waals surface area contributed by atoms with Crippen LogP contribution in [0.5, 0.6) is 0 Å². The number of aryl methyl sites for hydroxylation is 3. The lowest BCUT2D eigenvalue weighted by molar-refractivity contribution is -0.129. The van der Waals surface area contributed by atoms with Crippen LogP contribution in [0.1, 0.15) is 23.2 Å². The Morgan fingerprint density at radius 3 is 2.64 bits per heavy atom. The Morgan fingerprint density at radius 1 is 1.18 bits per heavy atom. The average molecular weight is 438 g/mol. The molecule has 2 aliphatic rings. The molecule has 4 rings (SSSR count). The molecule has 0 unspecified atom stereocenters. The summed E-state index contributed by atoms with van der Waals surface area (Å²) in [5.41, 5.74) is 3.39. The molecule has 28 heavy (non-hydrogen) atoms. The van der Waals surface area contributed by atoms with Gasteiger partial charge in [0.25, 0.3) is 0 Å². The summed E-state index contributed by atoms with van der Waals surface area (Å²) in [6.45, 7) is 3.47. The van der Waals surface area contributed by atoms with Gasteiger partial charge in [-0.2, -0.15) is 4.31 Å². The smallest absolute Gasteiger partial charge is 0.243 e. The third kappa shape index (κ3) is 4.12. The van der Waals surface area contributed by atoms with Crippen molar-refractivity contribution in [1.29, 1.82) is 0 Å². The van der Waals surface area contributed by atoms with Crippen LogP contribution in [0.4, 0.5) is 0 Å². The largest absolute Gasteiger partial charge is 0.339 e. The van der Waals surface area contributed by atoms with Gasteiger partial charge in [-0.15, -0.1) is 11.3 Å². The van der Waals surface area contributed by atoms with E-state index in [1.807, 2.05) is 24.4 Å². The molecule has 1 saturated heterocycles. The Hall–Kier alpha value is -1.42. The summed E-state index contributed by atoms with van der Waals surface area (Å²) in [5.74, 6) is 0.372. The van der Waals surface area contributed by atoms with Gasteiger partial charge in [-0.1, -0.05) is 17.8 Å². The molecule has 1 aliphatic carbocycles. The number of carbonyl (C=O) groups is 1. The number of hydrogen-bond donors (Lipinski definition) is 0. The first-order valence-corrected chi connectivity index (χ1v) is 12.7. The molecule has 1 amide bonds. The minimum Gasteiger partial charge on any atom is -0.339 e. The minimum atomic E-state index is -3.50. The summed E-state index contributed by atoms with van der Waals surface area (Å²) in [6.07, 6.45) is 3.09. The molecule has 1 fully saturated rings. The summed E-state index contributed by atoms with van der Waals surface area (Å²) in [5, 5.41) is 1.97. The van der Waals surface area contributed by atoms with E-state index in [-0.39, 0.29) is 5.91 Å². The van der Waals surface area contributed by atoms with Crippen LogP contribution in [-0.4, -0.2) is 60.4 Å². The number of amides is 1. The zero-order valence-electron chi connectivity index (χ0n) is 15.8. The Kier molecular flexibility index (Phi) is 5.78. The van der Waals surface area contributed by atoms with E-state index in [1.54, 1.807) is 22.3 Å². The summed E-state index contributed by atoms with van der Waals surface area (Å²) in [6, 6.07) is 5.51. The molecule has 150 valence electrons. The predicted molar refractivity (Wildman–Crippen MR) is 111 cm³/mol. The third-order valence-electron chi connectivity index (χ3n) is 5.22. The van der Waals surface area contributed by atoms with Crippen LogP contribution in [0.15, 0.2) is 32.8 Å². The molecule has 0 saturated carbocycles. The maximum absolute atomic E-state index is 13.0. The summed E-state index contributed by atoms with van der Waals surface area (Å²) >= 11 is 2.98.